The summed E-state index contributed by atoms with van der Waals surface area (Å²) in [7, 11) is 1.63. The molecule has 0 spiro atoms. The molecule has 1 unspecified atom stereocenters. The van der Waals surface area contributed by atoms with Crippen LogP contribution >= 0.6 is 0 Å². The lowest BCUT2D eigenvalue weighted by atomic mass is 9.95. The summed E-state index contributed by atoms with van der Waals surface area (Å²) in [5, 5.41) is 0. The highest BCUT2D eigenvalue weighted by Crippen LogP contribution is 2.29. The van der Waals surface area contributed by atoms with Gasteiger partial charge in [-0.15, -0.1) is 0 Å². The molecule has 0 saturated carbocycles. The van der Waals surface area contributed by atoms with Crippen molar-refractivity contribution in [3.63, 3.8) is 0 Å². The van der Waals surface area contributed by atoms with Gasteiger partial charge >= 0.3 is 0 Å². The second-order valence-electron chi connectivity index (χ2n) is 3.82. The molecule has 1 atom stereocenters. The van der Waals surface area contributed by atoms with Crippen molar-refractivity contribution in [2.45, 2.75) is 26.2 Å². The van der Waals surface area contributed by atoms with Crippen molar-refractivity contribution < 1.29 is 9.53 Å². The van der Waals surface area contributed by atoms with E-state index in [2.05, 4.69) is 0 Å². The van der Waals surface area contributed by atoms with E-state index >= 15 is 0 Å². The minimum atomic E-state index is -0.286. The molecule has 3 heteroatoms. The number of methoxy groups -OCH3 is 1. The van der Waals surface area contributed by atoms with Crippen LogP contribution in [0.4, 0.5) is 0 Å². The molecule has 0 radical (unpaired) electrons. The first-order valence-electron chi connectivity index (χ1n) is 4.97. The van der Waals surface area contributed by atoms with Gasteiger partial charge in [0.15, 0.2) is 0 Å². The van der Waals surface area contributed by atoms with Crippen molar-refractivity contribution in [2.75, 3.05) is 7.11 Å². The Morgan fingerprint density at radius 3 is 2.73 bits per heavy atom. The molecular weight excluding hydrogens is 190 g/mol. The molecule has 82 valence electrons. The van der Waals surface area contributed by atoms with Gasteiger partial charge in [0.05, 0.1) is 7.11 Å². The average molecular weight is 207 g/mol. The third-order valence-electron chi connectivity index (χ3n) is 2.42. The van der Waals surface area contributed by atoms with Crippen LogP contribution in [0.2, 0.25) is 0 Å². The molecule has 0 aliphatic carbocycles. The average Bonchev–Trinajstić information content (AvgIpc) is 2.16. The Morgan fingerprint density at radius 1 is 1.53 bits per heavy atom. The summed E-state index contributed by atoms with van der Waals surface area (Å²) >= 11 is 0. The number of primary amides is 1. The summed E-state index contributed by atoms with van der Waals surface area (Å²) < 4.78 is 5.25. The van der Waals surface area contributed by atoms with Gasteiger partial charge < -0.3 is 10.5 Å². The molecule has 2 N–H and O–H groups in total. The topological polar surface area (TPSA) is 52.3 Å². The summed E-state index contributed by atoms with van der Waals surface area (Å²) in [4.78, 5) is 10.8. The highest BCUT2D eigenvalue weighted by atomic mass is 16.5. The SMILES string of the molecule is COc1ccc(C)cc1C(C)CC(N)=O. The molecule has 0 bridgehead atoms. The maximum atomic E-state index is 10.8. The van der Waals surface area contributed by atoms with Gasteiger partial charge in [-0.25, -0.2) is 0 Å². The zero-order valence-electron chi connectivity index (χ0n) is 9.41. The van der Waals surface area contributed by atoms with Gasteiger partial charge in [0.1, 0.15) is 5.75 Å². The summed E-state index contributed by atoms with van der Waals surface area (Å²) in [6.07, 6.45) is 0.347. The number of carbonyl (C=O) groups excluding carboxylic acids is 1. The van der Waals surface area contributed by atoms with Crippen LogP contribution in [0, 0.1) is 6.92 Å². The summed E-state index contributed by atoms with van der Waals surface area (Å²) in [6.45, 7) is 3.99. The summed E-state index contributed by atoms with van der Waals surface area (Å²) in [5.74, 6) is 0.623. The van der Waals surface area contributed by atoms with Crippen LogP contribution in [0.5, 0.6) is 5.75 Å². The molecule has 0 saturated heterocycles. The number of amides is 1. The van der Waals surface area contributed by atoms with Gasteiger partial charge in [0.25, 0.3) is 0 Å². The first-order valence-corrected chi connectivity index (χ1v) is 4.97. The minimum absolute atomic E-state index is 0.0948. The van der Waals surface area contributed by atoms with Gasteiger partial charge in [0, 0.05) is 6.42 Å². The number of rotatable bonds is 4. The van der Waals surface area contributed by atoms with Crippen LogP contribution in [0.1, 0.15) is 30.4 Å². The largest absolute Gasteiger partial charge is 0.496 e. The maximum Gasteiger partial charge on any atom is 0.218 e. The van der Waals surface area contributed by atoms with E-state index in [0.717, 1.165) is 16.9 Å². The van der Waals surface area contributed by atoms with Crippen LogP contribution in [0.15, 0.2) is 18.2 Å². The molecular formula is C12H17NO2. The van der Waals surface area contributed by atoms with Crippen LogP contribution in [0.25, 0.3) is 0 Å². The fourth-order valence-corrected chi connectivity index (χ4v) is 1.65. The van der Waals surface area contributed by atoms with Gasteiger partial charge in [-0.3, -0.25) is 4.79 Å². The summed E-state index contributed by atoms with van der Waals surface area (Å²) in [6, 6.07) is 5.94. The third-order valence-corrected chi connectivity index (χ3v) is 2.42. The van der Waals surface area contributed by atoms with Crippen LogP contribution in [-0.2, 0) is 4.79 Å². The van der Waals surface area contributed by atoms with Crippen LogP contribution in [0.3, 0.4) is 0 Å². The number of hydrogen-bond donors (Lipinski definition) is 1. The Hall–Kier alpha value is -1.51. The van der Waals surface area contributed by atoms with E-state index in [1.165, 1.54) is 0 Å². The van der Waals surface area contributed by atoms with Crippen molar-refractivity contribution in [2.24, 2.45) is 5.73 Å². The Morgan fingerprint density at radius 2 is 2.20 bits per heavy atom. The number of aryl methyl sites for hydroxylation is 1. The Balaban J connectivity index is 2.99. The molecule has 0 aliphatic rings. The first-order chi connectivity index (χ1) is 7.04. The van der Waals surface area contributed by atoms with Gasteiger partial charge in [-0.1, -0.05) is 24.6 Å². The fourth-order valence-electron chi connectivity index (χ4n) is 1.65. The predicted molar refractivity (Wildman–Crippen MR) is 60.0 cm³/mol. The van der Waals surface area contributed by atoms with E-state index in [9.17, 15) is 4.79 Å². The molecule has 3 nitrogen and oxygen atoms in total. The fraction of sp³-hybridized carbons (Fsp3) is 0.417. The lowest BCUT2D eigenvalue weighted by Crippen LogP contribution is -2.14. The molecule has 1 amide bonds. The van der Waals surface area contributed by atoms with Crippen molar-refractivity contribution in [1.82, 2.24) is 0 Å². The summed E-state index contributed by atoms with van der Waals surface area (Å²) in [5.41, 5.74) is 7.37. The molecule has 0 heterocycles. The zero-order valence-corrected chi connectivity index (χ0v) is 9.41. The lowest BCUT2D eigenvalue weighted by molar-refractivity contribution is -0.118. The predicted octanol–water partition coefficient (Wildman–Crippen LogP) is 1.98. The molecule has 0 aromatic heterocycles. The van der Waals surface area contributed by atoms with Crippen LogP contribution < -0.4 is 10.5 Å². The van der Waals surface area contributed by atoms with Crippen molar-refractivity contribution in [1.29, 1.82) is 0 Å². The van der Waals surface area contributed by atoms with Crippen molar-refractivity contribution in [3.8, 4) is 5.75 Å². The molecule has 1 aromatic rings. The minimum Gasteiger partial charge on any atom is -0.496 e. The van der Waals surface area contributed by atoms with Gasteiger partial charge in [-0.2, -0.15) is 0 Å². The monoisotopic (exact) mass is 207 g/mol. The van der Waals surface area contributed by atoms with Gasteiger partial charge in [0.2, 0.25) is 5.91 Å². The van der Waals surface area contributed by atoms with Gasteiger partial charge in [-0.05, 0) is 24.5 Å². The van der Waals surface area contributed by atoms with E-state index in [-0.39, 0.29) is 11.8 Å². The Bertz CT molecular complexity index is 361. The number of hydrogen-bond acceptors (Lipinski definition) is 2. The zero-order chi connectivity index (χ0) is 11.4. The van der Waals surface area contributed by atoms with Crippen molar-refractivity contribution in [3.05, 3.63) is 29.3 Å². The molecule has 15 heavy (non-hydrogen) atoms. The number of carbonyl (C=O) groups is 1. The third kappa shape index (κ3) is 2.98. The second-order valence-corrected chi connectivity index (χ2v) is 3.82. The quantitative estimate of drug-likeness (QED) is 0.820. The molecule has 1 aromatic carbocycles. The normalized spacial score (nSPS) is 12.2. The maximum absolute atomic E-state index is 10.8. The van der Waals surface area contributed by atoms with E-state index in [1.807, 2.05) is 32.0 Å². The second kappa shape index (κ2) is 4.82. The molecule has 0 aliphatic heterocycles. The number of nitrogens with two attached hydrogens (primary N) is 1. The van der Waals surface area contributed by atoms with Crippen molar-refractivity contribution >= 4 is 5.91 Å². The van der Waals surface area contributed by atoms with E-state index in [1.54, 1.807) is 7.11 Å². The standard InChI is InChI=1S/C12H17NO2/c1-8-4-5-11(15-3)10(6-8)9(2)7-12(13)14/h4-6,9H,7H2,1-3H3,(H2,13,14). The van der Waals surface area contributed by atoms with E-state index in [0.29, 0.717) is 6.42 Å². The highest BCUT2D eigenvalue weighted by Gasteiger charge is 2.13. The molecule has 0 fully saturated rings. The lowest BCUT2D eigenvalue weighted by Gasteiger charge is -2.14. The number of ether oxygens (including phenoxy) is 1. The Kier molecular flexibility index (Phi) is 3.72. The highest BCUT2D eigenvalue weighted by molar-refractivity contribution is 5.74. The first kappa shape index (κ1) is 11.6. The van der Waals surface area contributed by atoms with E-state index in [4.69, 9.17) is 10.5 Å². The van der Waals surface area contributed by atoms with E-state index < -0.39 is 0 Å². The van der Waals surface area contributed by atoms with Crippen LogP contribution in [-0.4, -0.2) is 13.0 Å². The Labute approximate surface area is 90.2 Å². The number of benzene rings is 1. The smallest absolute Gasteiger partial charge is 0.218 e. The molecule has 1 rings (SSSR count).